The van der Waals surface area contributed by atoms with Gasteiger partial charge in [0.05, 0.1) is 10.7 Å². The maximum Gasteiger partial charge on any atom is 0.0962 e. The third-order valence-corrected chi connectivity index (χ3v) is 4.99. The first-order valence-corrected chi connectivity index (χ1v) is 7.23. The van der Waals surface area contributed by atoms with Crippen molar-refractivity contribution in [2.75, 3.05) is 0 Å². The first kappa shape index (κ1) is 12.1. The smallest absolute Gasteiger partial charge is 0.0962 e. The Balaban J connectivity index is 2.16. The monoisotopic (exact) mass is 238 g/mol. The molecule has 1 atom stereocenters. The van der Waals surface area contributed by atoms with Gasteiger partial charge in [-0.25, -0.2) is 4.98 Å². The number of nitrogens with two attached hydrogens (primary N) is 1. The SMILES string of the molecule is Cc1nc(C2CCCCCC2)sc1C(C)N. The topological polar surface area (TPSA) is 38.9 Å². The van der Waals surface area contributed by atoms with Crippen LogP contribution in [0.3, 0.4) is 0 Å². The summed E-state index contributed by atoms with van der Waals surface area (Å²) in [5.74, 6) is 0.707. The summed E-state index contributed by atoms with van der Waals surface area (Å²) in [5.41, 5.74) is 7.11. The molecule has 1 aliphatic rings. The molecule has 2 nitrogen and oxygen atoms in total. The van der Waals surface area contributed by atoms with Crippen LogP contribution < -0.4 is 5.73 Å². The molecule has 0 spiro atoms. The van der Waals surface area contributed by atoms with Gasteiger partial charge in [0.25, 0.3) is 0 Å². The van der Waals surface area contributed by atoms with Gasteiger partial charge < -0.3 is 5.73 Å². The lowest BCUT2D eigenvalue weighted by molar-refractivity contribution is 0.588. The fourth-order valence-electron chi connectivity index (χ4n) is 2.55. The predicted molar refractivity (Wildman–Crippen MR) is 69.9 cm³/mol. The van der Waals surface area contributed by atoms with Gasteiger partial charge in [0.2, 0.25) is 0 Å². The number of hydrogen-bond acceptors (Lipinski definition) is 3. The van der Waals surface area contributed by atoms with E-state index < -0.39 is 0 Å². The third-order valence-electron chi connectivity index (χ3n) is 3.47. The number of nitrogens with zero attached hydrogens (tertiary/aromatic N) is 1. The standard InChI is InChI=1S/C13H22N2S/c1-9(14)12-10(2)15-13(16-12)11-7-5-3-4-6-8-11/h9,11H,3-8,14H2,1-2H3. The van der Waals surface area contributed by atoms with E-state index in [1.165, 1.54) is 48.4 Å². The Bertz CT molecular complexity index is 336. The van der Waals surface area contributed by atoms with E-state index in [-0.39, 0.29) is 6.04 Å². The average molecular weight is 238 g/mol. The van der Waals surface area contributed by atoms with Crippen LogP contribution in [0.5, 0.6) is 0 Å². The van der Waals surface area contributed by atoms with E-state index in [2.05, 4.69) is 13.8 Å². The molecule has 1 heterocycles. The lowest BCUT2D eigenvalue weighted by Gasteiger charge is -2.09. The quantitative estimate of drug-likeness (QED) is 0.793. The maximum atomic E-state index is 5.96. The minimum Gasteiger partial charge on any atom is -0.323 e. The van der Waals surface area contributed by atoms with E-state index in [4.69, 9.17) is 10.7 Å². The highest BCUT2D eigenvalue weighted by molar-refractivity contribution is 7.11. The molecule has 1 saturated carbocycles. The van der Waals surface area contributed by atoms with E-state index in [1.807, 2.05) is 11.3 Å². The molecule has 90 valence electrons. The molecule has 2 rings (SSSR count). The summed E-state index contributed by atoms with van der Waals surface area (Å²) in [6.45, 7) is 4.15. The zero-order valence-electron chi connectivity index (χ0n) is 10.3. The van der Waals surface area contributed by atoms with Crippen LogP contribution in [0.2, 0.25) is 0 Å². The number of aryl methyl sites for hydroxylation is 1. The highest BCUT2D eigenvalue weighted by Crippen LogP contribution is 2.36. The van der Waals surface area contributed by atoms with Gasteiger partial charge in [-0.2, -0.15) is 0 Å². The first-order valence-electron chi connectivity index (χ1n) is 6.41. The van der Waals surface area contributed by atoms with Gasteiger partial charge in [0, 0.05) is 16.8 Å². The number of thiazole rings is 1. The van der Waals surface area contributed by atoms with Crippen LogP contribution in [0.1, 0.15) is 73.0 Å². The lowest BCUT2D eigenvalue weighted by atomic mass is 10.0. The molecule has 0 amide bonds. The van der Waals surface area contributed by atoms with Crippen molar-refractivity contribution in [2.24, 2.45) is 5.73 Å². The van der Waals surface area contributed by atoms with E-state index >= 15 is 0 Å². The molecule has 0 radical (unpaired) electrons. The van der Waals surface area contributed by atoms with E-state index in [0.29, 0.717) is 5.92 Å². The highest BCUT2D eigenvalue weighted by atomic mass is 32.1. The van der Waals surface area contributed by atoms with Crippen LogP contribution in [-0.4, -0.2) is 4.98 Å². The fraction of sp³-hybridized carbons (Fsp3) is 0.769. The van der Waals surface area contributed by atoms with Crippen LogP contribution in [-0.2, 0) is 0 Å². The molecule has 2 N–H and O–H groups in total. The van der Waals surface area contributed by atoms with Gasteiger partial charge >= 0.3 is 0 Å². The molecular formula is C13H22N2S. The van der Waals surface area contributed by atoms with Crippen LogP contribution in [0, 0.1) is 6.92 Å². The van der Waals surface area contributed by atoms with Gasteiger partial charge in [-0.3, -0.25) is 0 Å². The van der Waals surface area contributed by atoms with Gasteiger partial charge in [0.15, 0.2) is 0 Å². The minimum absolute atomic E-state index is 0.136. The molecule has 0 bridgehead atoms. The minimum atomic E-state index is 0.136. The molecule has 0 aromatic carbocycles. The molecule has 1 fully saturated rings. The Hall–Kier alpha value is -0.410. The Labute approximate surface area is 102 Å². The molecule has 1 aromatic rings. The van der Waals surface area contributed by atoms with Crippen molar-refractivity contribution in [3.63, 3.8) is 0 Å². The van der Waals surface area contributed by atoms with Gasteiger partial charge in [0.1, 0.15) is 0 Å². The predicted octanol–water partition coefficient (Wildman–Crippen LogP) is 3.91. The molecule has 0 aliphatic heterocycles. The van der Waals surface area contributed by atoms with Crippen LogP contribution >= 0.6 is 11.3 Å². The van der Waals surface area contributed by atoms with Crippen LogP contribution in [0.15, 0.2) is 0 Å². The fourth-order valence-corrected chi connectivity index (χ4v) is 3.74. The third kappa shape index (κ3) is 2.64. The number of aromatic nitrogens is 1. The Morgan fingerprint density at radius 1 is 1.25 bits per heavy atom. The Morgan fingerprint density at radius 3 is 2.38 bits per heavy atom. The summed E-state index contributed by atoms with van der Waals surface area (Å²) >= 11 is 1.85. The van der Waals surface area contributed by atoms with Crippen molar-refractivity contribution in [2.45, 2.75) is 64.3 Å². The van der Waals surface area contributed by atoms with E-state index in [1.54, 1.807) is 0 Å². The van der Waals surface area contributed by atoms with E-state index in [9.17, 15) is 0 Å². The zero-order valence-corrected chi connectivity index (χ0v) is 11.1. The zero-order chi connectivity index (χ0) is 11.5. The molecule has 1 aliphatic carbocycles. The van der Waals surface area contributed by atoms with Crippen LogP contribution in [0.4, 0.5) is 0 Å². The van der Waals surface area contributed by atoms with Crippen LogP contribution in [0.25, 0.3) is 0 Å². The molecule has 0 saturated heterocycles. The molecule has 1 aromatic heterocycles. The molecule has 3 heteroatoms. The Morgan fingerprint density at radius 2 is 1.88 bits per heavy atom. The summed E-state index contributed by atoms with van der Waals surface area (Å²) < 4.78 is 0. The van der Waals surface area contributed by atoms with Crippen molar-refractivity contribution in [1.29, 1.82) is 0 Å². The van der Waals surface area contributed by atoms with Crippen molar-refractivity contribution >= 4 is 11.3 Å². The second-order valence-corrected chi connectivity index (χ2v) is 6.04. The van der Waals surface area contributed by atoms with Crippen molar-refractivity contribution in [3.05, 3.63) is 15.6 Å². The molecule has 1 unspecified atom stereocenters. The van der Waals surface area contributed by atoms with Crippen molar-refractivity contribution < 1.29 is 0 Å². The second-order valence-electron chi connectivity index (χ2n) is 4.98. The second kappa shape index (κ2) is 5.28. The lowest BCUT2D eigenvalue weighted by Crippen LogP contribution is -2.03. The Kier molecular flexibility index (Phi) is 3.98. The van der Waals surface area contributed by atoms with Crippen molar-refractivity contribution in [1.82, 2.24) is 4.98 Å². The summed E-state index contributed by atoms with van der Waals surface area (Å²) in [6.07, 6.45) is 8.20. The van der Waals surface area contributed by atoms with Crippen molar-refractivity contribution in [3.8, 4) is 0 Å². The largest absolute Gasteiger partial charge is 0.323 e. The molecular weight excluding hydrogens is 216 g/mol. The highest BCUT2D eigenvalue weighted by Gasteiger charge is 2.20. The normalized spacial score (nSPS) is 20.7. The summed E-state index contributed by atoms with van der Waals surface area (Å²) in [7, 11) is 0. The number of hydrogen-bond donors (Lipinski definition) is 1. The maximum absolute atomic E-state index is 5.96. The number of rotatable bonds is 2. The van der Waals surface area contributed by atoms with Gasteiger partial charge in [-0.15, -0.1) is 11.3 Å². The summed E-state index contributed by atoms with van der Waals surface area (Å²) in [4.78, 5) is 6.01. The first-order chi connectivity index (χ1) is 7.68. The van der Waals surface area contributed by atoms with Gasteiger partial charge in [-0.05, 0) is 26.7 Å². The van der Waals surface area contributed by atoms with E-state index in [0.717, 1.165) is 5.69 Å². The summed E-state index contributed by atoms with van der Waals surface area (Å²) in [6, 6.07) is 0.136. The summed E-state index contributed by atoms with van der Waals surface area (Å²) in [5, 5.41) is 1.34. The molecule has 16 heavy (non-hydrogen) atoms. The van der Waals surface area contributed by atoms with Gasteiger partial charge in [-0.1, -0.05) is 25.7 Å². The average Bonchev–Trinajstić information content (AvgIpc) is 2.50.